The molecule has 21 heavy (non-hydrogen) atoms. The number of rotatable bonds is 6. The third kappa shape index (κ3) is 2.95. The minimum Gasteiger partial charge on any atom is -0.394 e. The highest BCUT2D eigenvalue weighted by atomic mass is 28.4. The van der Waals surface area contributed by atoms with Gasteiger partial charge in [-0.2, -0.15) is 0 Å². The molecule has 0 saturated carbocycles. The number of nitrogens with zero attached hydrogens (tertiary/aromatic N) is 1. The van der Waals surface area contributed by atoms with E-state index in [2.05, 4.69) is 35.2 Å². The summed E-state index contributed by atoms with van der Waals surface area (Å²) in [4.78, 5) is 2.61. The first kappa shape index (κ1) is 15.2. The van der Waals surface area contributed by atoms with Crippen molar-refractivity contribution in [3.05, 3.63) is 30.3 Å². The molecule has 3 fully saturated rings. The maximum atomic E-state index is 5.97. The van der Waals surface area contributed by atoms with Crippen LogP contribution in [0.1, 0.15) is 25.7 Å². The third-order valence-corrected chi connectivity index (χ3v) is 9.17. The molecule has 0 amide bonds. The van der Waals surface area contributed by atoms with Crippen LogP contribution in [0.15, 0.2) is 30.3 Å². The smallest absolute Gasteiger partial charge is 0.372 e. The first-order valence-corrected chi connectivity index (χ1v) is 10.1. The third-order valence-electron chi connectivity index (χ3n) is 5.73. The van der Waals surface area contributed by atoms with E-state index in [1.807, 2.05) is 14.2 Å². The molecule has 3 saturated heterocycles. The van der Waals surface area contributed by atoms with Gasteiger partial charge in [0.1, 0.15) is 0 Å². The molecule has 4 rings (SSSR count). The predicted molar refractivity (Wildman–Crippen MR) is 88.0 cm³/mol. The van der Waals surface area contributed by atoms with Crippen molar-refractivity contribution >= 4 is 13.7 Å². The van der Waals surface area contributed by atoms with Crippen molar-refractivity contribution in [3.63, 3.8) is 0 Å². The van der Waals surface area contributed by atoms with Gasteiger partial charge in [-0.25, -0.2) is 0 Å². The Hall–Kier alpha value is -0.683. The predicted octanol–water partition coefficient (Wildman–Crippen LogP) is 2.50. The maximum absolute atomic E-state index is 5.97. The Morgan fingerprint density at radius 3 is 2.10 bits per heavy atom. The molecule has 3 aliphatic heterocycles. The summed E-state index contributed by atoms with van der Waals surface area (Å²) in [6.45, 7) is 3.87. The molecular formula is C17H27NO2Si. The standard InChI is InChI=1S/C17H27NO2Si/c1-19-21(20-2,16-6-4-3-5-7-16)15-11-17-8-12-18(13-9-17)14-10-17/h3-7H,8-15H2,1-2H3. The molecule has 0 unspecified atom stereocenters. The van der Waals surface area contributed by atoms with Gasteiger partial charge in [0.05, 0.1) is 0 Å². The topological polar surface area (TPSA) is 21.7 Å². The number of hydrogen-bond donors (Lipinski definition) is 0. The minimum absolute atomic E-state index is 0.554. The first-order valence-electron chi connectivity index (χ1n) is 8.10. The summed E-state index contributed by atoms with van der Waals surface area (Å²) in [7, 11) is 1.38. The van der Waals surface area contributed by atoms with E-state index in [1.54, 1.807) is 0 Å². The molecule has 0 radical (unpaired) electrons. The van der Waals surface area contributed by atoms with Crippen molar-refractivity contribution in [2.45, 2.75) is 31.7 Å². The molecule has 0 aromatic heterocycles. The Morgan fingerprint density at radius 1 is 1.00 bits per heavy atom. The Morgan fingerprint density at radius 2 is 1.57 bits per heavy atom. The highest BCUT2D eigenvalue weighted by molar-refractivity contribution is 6.81. The van der Waals surface area contributed by atoms with Crippen LogP contribution >= 0.6 is 0 Å². The molecule has 116 valence electrons. The van der Waals surface area contributed by atoms with Crippen molar-refractivity contribution in [2.75, 3.05) is 33.9 Å². The van der Waals surface area contributed by atoms with Crippen LogP contribution in [-0.2, 0) is 8.85 Å². The summed E-state index contributed by atoms with van der Waals surface area (Å²) in [5.74, 6) is 0. The van der Waals surface area contributed by atoms with E-state index < -0.39 is 8.56 Å². The van der Waals surface area contributed by atoms with Gasteiger partial charge in [-0.3, -0.25) is 0 Å². The van der Waals surface area contributed by atoms with Crippen LogP contribution in [0.4, 0.5) is 0 Å². The lowest BCUT2D eigenvalue weighted by Gasteiger charge is -2.49. The van der Waals surface area contributed by atoms with Crippen molar-refractivity contribution in [1.82, 2.24) is 4.90 Å². The number of fused-ring (bicyclic) bond motifs is 3. The molecule has 1 aromatic carbocycles. The van der Waals surface area contributed by atoms with Gasteiger partial charge in [-0.15, -0.1) is 0 Å². The average molecular weight is 305 g/mol. The lowest BCUT2D eigenvalue weighted by atomic mass is 9.70. The van der Waals surface area contributed by atoms with Gasteiger partial charge >= 0.3 is 8.56 Å². The molecule has 3 heterocycles. The number of benzene rings is 1. The molecule has 3 nitrogen and oxygen atoms in total. The van der Waals surface area contributed by atoms with Gasteiger partial charge in [0.15, 0.2) is 0 Å². The minimum atomic E-state index is -2.26. The van der Waals surface area contributed by atoms with E-state index in [0.29, 0.717) is 5.41 Å². The Labute approximate surface area is 129 Å². The van der Waals surface area contributed by atoms with Gasteiger partial charge < -0.3 is 13.8 Å². The van der Waals surface area contributed by atoms with Crippen LogP contribution in [0.2, 0.25) is 6.04 Å². The summed E-state index contributed by atoms with van der Waals surface area (Å²) in [6, 6.07) is 11.6. The second-order valence-corrected chi connectivity index (χ2v) is 10.0. The quantitative estimate of drug-likeness (QED) is 0.754. The largest absolute Gasteiger partial charge is 0.394 e. The molecule has 0 N–H and O–H groups in total. The van der Waals surface area contributed by atoms with E-state index in [1.165, 1.54) is 50.5 Å². The first-order chi connectivity index (χ1) is 10.2. The molecule has 2 bridgehead atoms. The molecule has 0 spiro atoms. The van der Waals surface area contributed by atoms with Gasteiger partial charge in [0.2, 0.25) is 0 Å². The summed E-state index contributed by atoms with van der Waals surface area (Å²) < 4.78 is 11.9. The fourth-order valence-corrected chi connectivity index (χ4v) is 6.96. The number of hydrogen-bond acceptors (Lipinski definition) is 3. The van der Waals surface area contributed by atoms with Crippen molar-refractivity contribution in [2.24, 2.45) is 5.41 Å². The van der Waals surface area contributed by atoms with Crippen LogP contribution in [0.3, 0.4) is 0 Å². The summed E-state index contributed by atoms with van der Waals surface area (Å²) in [5, 5.41) is 1.26. The molecular weight excluding hydrogens is 278 g/mol. The lowest BCUT2D eigenvalue weighted by molar-refractivity contribution is 0.0217. The van der Waals surface area contributed by atoms with E-state index in [4.69, 9.17) is 8.85 Å². The fourth-order valence-electron chi connectivity index (χ4n) is 4.06. The van der Waals surface area contributed by atoms with Gasteiger partial charge in [0, 0.05) is 14.2 Å². The summed E-state index contributed by atoms with van der Waals surface area (Å²) >= 11 is 0. The van der Waals surface area contributed by atoms with Crippen molar-refractivity contribution in [3.8, 4) is 0 Å². The second-order valence-electron chi connectivity index (χ2n) is 6.62. The SMILES string of the molecule is CO[Si](CCC12CCN(CC1)CC2)(OC)c1ccccc1. The molecule has 0 aliphatic carbocycles. The lowest BCUT2D eigenvalue weighted by Crippen LogP contribution is -2.54. The Bertz CT molecular complexity index is 439. The zero-order valence-corrected chi connectivity index (χ0v) is 14.3. The molecule has 1 aromatic rings. The van der Waals surface area contributed by atoms with Crippen LogP contribution in [0.5, 0.6) is 0 Å². The van der Waals surface area contributed by atoms with E-state index in [0.717, 1.165) is 6.04 Å². The zero-order valence-electron chi connectivity index (χ0n) is 13.3. The van der Waals surface area contributed by atoms with Crippen molar-refractivity contribution in [1.29, 1.82) is 0 Å². The highest BCUT2D eigenvalue weighted by Crippen LogP contribution is 2.44. The van der Waals surface area contributed by atoms with Gasteiger partial charge in [0.25, 0.3) is 0 Å². The fraction of sp³-hybridized carbons (Fsp3) is 0.647. The van der Waals surface area contributed by atoms with Gasteiger partial charge in [-0.05, 0) is 62.0 Å². The van der Waals surface area contributed by atoms with Crippen molar-refractivity contribution < 1.29 is 8.85 Å². The van der Waals surface area contributed by atoms with Gasteiger partial charge in [-0.1, -0.05) is 30.3 Å². The monoisotopic (exact) mass is 305 g/mol. The van der Waals surface area contributed by atoms with E-state index in [9.17, 15) is 0 Å². The molecule has 3 aliphatic rings. The Balaban J connectivity index is 1.74. The Kier molecular flexibility index (Phi) is 4.50. The van der Waals surface area contributed by atoms with Crippen LogP contribution < -0.4 is 5.19 Å². The van der Waals surface area contributed by atoms with E-state index in [-0.39, 0.29) is 0 Å². The maximum Gasteiger partial charge on any atom is 0.372 e. The van der Waals surface area contributed by atoms with Crippen LogP contribution in [0.25, 0.3) is 0 Å². The van der Waals surface area contributed by atoms with Crippen LogP contribution in [-0.4, -0.2) is 47.3 Å². The molecule has 0 atom stereocenters. The second kappa shape index (κ2) is 6.21. The highest BCUT2D eigenvalue weighted by Gasteiger charge is 2.44. The summed E-state index contributed by atoms with van der Waals surface area (Å²) in [5.41, 5.74) is 0.554. The molecule has 4 heteroatoms. The summed E-state index contributed by atoms with van der Waals surface area (Å²) in [6.07, 6.45) is 5.34. The average Bonchev–Trinajstić information content (AvgIpc) is 2.59. The number of piperidine rings is 3. The van der Waals surface area contributed by atoms with E-state index >= 15 is 0 Å². The zero-order chi connectivity index (χ0) is 14.8. The van der Waals surface area contributed by atoms with Crippen LogP contribution in [0, 0.1) is 5.41 Å². The normalized spacial score (nSPS) is 28.8.